The Kier molecular flexibility index (Phi) is 5.29. The number of nitro groups is 1. The van der Waals surface area contributed by atoms with Crippen molar-refractivity contribution in [2.24, 2.45) is 0 Å². The number of hydrogen-bond donors (Lipinski definition) is 1. The molecule has 0 aliphatic heterocycles. The summed E-state index contributed by atoms with van der Waals surface area (Å²) in [5, 5.41) is 13.4. The van der Waals surface area contributed by atoms with Crippen LogP contribution in [0.3, 0.4) is 0 Å². The third-order valence-corrected chi connectivity index (χ3v) is 2.08. The SMILES string of the molecule is COc1ccc([N+](=O)[O-])c(C#CCCNC(C)=O)n1. The summed E-state index contributed by atoms with van der Waals surface area (Å²) in [6.07, 6.45) is 0.385. The van der Waals surface area contributed by atoms with Crippen molar-refractivity contribution in [1.82, 2.24) is 10.3 Å². The van der Waals surface area contributed by atoms with Crippen molar-refractivity contribution >= 4 is 11.6 Å². The molecule has 0 radical (unpaired) electrons. The van der Waals surface area contributed by atoms with Gasteiger partial charge in [-0.2, -0.15) is 4.98 Å². The fraction of sp³-hybridized carbons (Fsp3) is 0.333. The van der Waals surface area contributed by atoms with Gasteiger partial charge in [0.25, 0.3) is 0 Å². The average Bonchev–Trinajstić information content (AvgIpc) is 2.37. The highest BCUT2D eigenvalue weighted by Gasteiger charge is 2.14. The zero-order valence-electron chi connectivity index (χ0n) is 10.6. The van der Waals surface area contributed by atoms with Crippen LogP contribution in [0.2, 0.25) is 0 Å². The summed E-state index contributed by atoms with van der Waals surface area (Å²) in [6.45, 7) is 1.79. The van der Waals surface area contributed by atoms with E-state index >= 15 is 0 Å². The standard InChI is InChI=1S/C12H13N3O4/c1-9(16)13-8-4-3-5-10-11(15(17)18)6-7-12(14-10)19-2/h6-7H,4,8H2,1-2H3,(H,13,16). The lowest BCUT2D eigenvalue weighted by atomic mass is 10.3. The molecule has 1 aromatic rings. The van der Waals surface area contributed by atoms with E-state index in [1.807, 2.05) is 0 Å². The second-order valence-electron chi connectivity index (χ2n) is 3.51. The number of rotatable bonds is 4. The van der Waals surface area contributed by atoms with E-state index in [1.54, 1.807) is 0 Å². The normalized spacial score (nSPS) is 9.16. The molecule has 7 nitrogen and oxygen atoms in total. The number of methoxy groups -OCH3 is 1. The van der Waals surface area contributed by atoms with Gasteiger partial charge in [-0.3, -0.25) is 14.9 Å². The molecule has 0 fully saturated rings. The van der Waals surface area contributed by atoms with Crippen LogP contribution in [0.25, 0.3) is 0 Å². The minimum Gasteiger partial charge on any atom is -0.481 e. The number of aromatic nitrogens is 1. The van der Waals surface area contributed by atoms with Crippen LogP contribution in [0, 0.1) is 22.0 Å². The Morgan fingerprint density at radius 1 is 1.58 bits per heavy atom. The van der Waals surface area contributed by atoms with Crippen molar-refractivity contribution in [2.75, 3.05) is 13.7 Å². The zero-order valence-corrected chi connectivity index (χ0v) is 10.6. The van der Waals surface area contributed by atoms with Crippen LogP contribution in [0.15, 0.2) is 12.1 Å². The molecule has 1 amide bonds. The fourth-order valence-corrected chi connectivity index (χ4v) is 1.23. The summed E-state index contributed by atoms with van der Waals surface area (Å²) < 4.78 is 4.89. The van der Waals surface area contributed by atoms with E-state index in [9.17, 15) is 14.9 Å². The molecular formula is C12H13N3O4. The van der Waals surface area contributed by atoms with Crippen molar-refractivity contribution in [3.05, 3.63) is 27.9 Å². The number of amides is 1. The highest BCUT2D eigenvalue weighted by Crippen LogP contribution is 2.18. The van der Waals surface area contributed by atoms with E-state index in [0.29, 0.717) is 13.0 Å². The topological polar surface area (TPSA) is 94.4 Å². The van der Waals surface area contributed by atoms with Gasteiger partial charge in [0.15, 0.2) is 5.69 Å². The van der Waals surface area contributed by atoms with Gasteiger partial charge in [0.2, 0.25) is 11.8 Å². The van der Waals surface area contributed by atoms with Crippen LogP contribution in [-0.4, -0.2) is 29.5 Å². The molecule has 100 valence electrons. The Morgan fingerprint density at radius 2 is 2.32 bits per heavy atom. The van der Waals surface area contributed by atoms with Crippen LogP contribution < -0.4 is 10.1 Å². The Labute approximate surface area is 110 Å². The maximum absolute atomic E-state index is 10.8. The number of nitrogens with one attached hydrogen (secondary N) is 1. The average molecular weight is 263 g/mol. The third-order valence-electron chi connectivity index (χ3n) is 2.08. The molecule has 1 rings (SSSR count). The number of carbonyl (C=O) groups is 1. The minimum atomic E-state index is -0.551. The first-order valence-electron chi connectivity index (χ1n) is 5.47. The molecule has 0 aromatic carbocycles. The molecular weight excluding hydrogens is 250 g/mol. The lowest BCUT2D eigenvalue weighted by Gasteiger charge is -1.99. The van der Waals surface area contributed by atoms with E-state index in [2.05, 4.69) is 22.1 Å². The molecule has 19 heavy (non-hydrogen) atoms. The second-order valence-corrected chi connectivity index (χ2v) is 3.51. The molecule has 0 saturated carbocycles. The quantitative estimate of drug-likeness (QED) is 0.376. The van der Waals surface area contributed by atoms with Gasteiger partial charge in [-0.15, -0.1) is 0 Å². The van der Waals surface area contributed by atoms with Crippen LogP contribution in [-0.2, 0) is 4.79 Å². The van der Waals surface area contributed by atoms with Gasteiger partial charge >= 0.3 is 5.69 Å². The number of carbonyl (C=O) groups excluding carboxylic acids is 1. The van der Waals surface area contributed by atoms with Crippen LogP contribution in [0.1, 0.15) is 19.0 Å². The lowest BCUT2D eigenvalue weighted by Crippen LogP contribution is -2.20. The van der Waals surface area contributed by atoms with Crippen molar-refractivity contribution in [2.45, 2.75) is 13.3 Å². The molecule has 0 spiro atoms. The Hall–Kier alpha value is -2.62. The van der Waals surface area contributed by atoms with E-state index in [4.69, 9.17) is 4.74 Å². The monoisotopic (exact) mass is 263 g/mol. The smallest absolute Gasteiger partial charge is 0.303 e. The van der Waals surface area contributed by atoms with Crippen molar-refractivity contribution < 1.29 is 14.5 Å². The van der Waals surface area contributed by atoms with Crippen molar-refractivity contribution in [3.8, 4) is 17.7 Å². The van der Waals surface area contributed by atoms with Gasteiger partial charge in [-0.05, 0) is 5.92 Å². The highest BCUT2D eigenvalue weighted by atomic mass is 16.6. The molecule has 0 aliphatic rings. The van der Waals surface area contributed by atoms with Gasteiger partial charge in [-0.25, -0.2) is 0 Å². The molecule has 1 N–H and O–H groups in total. The van der Waals surface area contributed by atoms with Gasteiger partial charge in [0.05, 0.1) is 12.0 Å². The summed E-state index contributed by atoms with van der Waals surface area (Å²) in [4.78, 5) is 24.8. The first-order chi connectivity index (χ1) is 9.04. The number of pyridine rings is 1. The molecule has 0 aliphatic carbocycles. The Bertz CT molecular complexity index is 546. The van der Waals surface area contributed by atoms with Gasteiger partial charge in [0.1, 0.15) is 0 Å². The lowest BCUT2D eigenvalue weighted by molar-refractivity contribution is -0.385. The molecule has 1 heterocycles. The van der Waals surface area contributed by atoms with Crippen LogP contribution >= 0.6 is 0 Å². The first-order valence-corrected chi connectivity index (χ1v) is 5.47. The summed E-state index contributed by atoms with van der Waals surface area (Å²) in [6, 6.07) is 2.70. The molecule has 7 heteroatoms. The number of hydrogen-bond acceptors (Lipinski definition) is 5. The molecule has 0 bridgehead atoms. The molecule has 0 atom stereocenters. The Morgan fingerprint density at radius 3 is 2.89 bits per heavy atom. The van der Waals surface area contributed by atoms with E-state index in [1.165, 1.54) is 26.2 Å². The maximum Gasteiger partial charge on any atom is 0.303 e. The predicted octanol–water partition coefficient (Wildman–Crippen LogP) is 0.876. The number of nitrogens with zero attached hydrogens (tertiary/aromatic N) is 2. The van der Waals surface area contributed by atoms with E-state index in [-0.39, 0.29) is 23.2 Å². The third kappa shape index (κ3) is 4.63. The summed E-state index contributed by atoms with van der Waals surface area (Å²) in [7, 11) is 1.42. The van der Waals surface area contributed by atoms with Crippen LogP contribution in [0.5, 0.6) is 5.88 Å². The van der Waals surface area contributed by atoms with Crippen molar-refractivity contribution in [1.29, 1.82) is 0 Å². The summed E-state index contributed by atoms with van der Waals surface area (Å²) in [5.74, 6) is 5.44. The predicted molar refractivity (Wildman–Crippen MR) is 67.6 cm³/mol. The van der Waals surface area contributed by atoms with Crippen LogP contribution in [0.4, 0.5) is 5.69 Å². The summed E-state index contributed by atoms with van der Waals surface area (Å²) in [5.41, 5.74) is -0.125. The molecule has 0 saturated heterocycles. The fourth-order valence-electron chi connectivity index (χ4n) is 1.23. The maximum atomic E-state index is 10.8. The second kappa shape index (κ2) is 6.96. The largest absolute Gasteiger partial charge is 0.481 e. The van der Waals surface area contributed by atoms with E-state index < -0.39 is 4.92 Å². The summed E-state index contributed by atoms with van der Waals surface area (Å²) >= 11 is 0. The molecule has 0 unspecified atom stereocenters. The first kappa shape index (κ1) is 14.4. The number of ether oxygens (including phenoxy) is 1. The molecule has 1 aromatic heterocycles. The van der Waals surface area contributed by atoms with E-state index in [0.717, 1.165) is 0 Å². The van der Waals surface area contributed by atoms with Gasteiger partial charge < -0.3 is 10.1 Å². The highest BCUT2D eigenvalue weighted by molar-refractivity contribution is 5.72. The van der Waals surface area contributed by atoms with Crippen molar-refractivity contribution in [3.63, 3.8) is 0 Å². The Balaban J connectivity index is 2.83. The zero-order chi connectivity index (χ0) is 14.3. The van der Waals surface area contributed by atoms with Gasteiger partial charge in [0, 0.05) is 32.0 Å². The minimum absolute atomic E-state index is 0.0483. The van der Waals surface area contributed by atoms with Gasteiger partial charge in [-0.1, -0.05) is 5.92 Å².